The largest absolute Gasteiger partial charge is 0.336 e. The summed E-state index contributed by atoms with van der Waals surface area (Å²) < 4.78 is 0. The number of nitrogens with one attached hydrogen (secondary N) is 1. The van der Waals surface area contributed by atoms with Crippen molar-refractivity contribution >= 4 is 5.96 Å². The summed E-state index contributed by atoms with van der Waals surface area (Å²) >= 11 is 0. The molecule has 0 saturated carbocycles. The van der Waals surface area contributed by atoms with Crippen LogP contribution in [0.3, 0.4) is 0 Å². The van der Waals surface area contributed by atoms with Crippen LogP contribution in [0.1, 0.15) is 0 Å². The molecule has 0 bridgehead atoms. The monoisotopic (exact) mass is 235 g/mol. The standard InChI is InChI=1S/C3H5N7O6/c11-8(12)5-3-4-1-6(9(13)14)2-7(3)10(15)16/h1-2H2,(H,4,5). The Balaban J connectivity index is 2.87. The third-order valence-corrected chi connectivity index (χ3v) is 1.57. The molecule has 1 aliphatic rings. The summed E-state index contributed by atoms with van der Waals surface area (Å²) in [4.78, 5) is 30.8. The summed E-state index contributed by atoms with van der Waals surface area (Å²) in [6.45, 7) is -1.15. The van der Waals surface area contributed by atoms with Crippen molar-refractivity contribution in [1.29, 1.82) is 0 Å². The normalized spacial score (nSPS) is 18.1. The molecule has 0 unspecified atom stereocenters. The van der Waals surface area contributed by atoms with Crippen LogP contribution in [-0.4, -0.2) is 44.4 Å². The lowest BCUT2D eigenvalue weighted by molar-refractivity contribution is -0.704. The van der Waals surface area contributed by atoms with Crippen LogP contribution in [0.5, 0.6) is 0 Å². The highest BCUT2D eigenvalue weighted by molar-refractivity contribution is 5.78. The molecule has 0 aromatic rings. The molecule has 1 N–H and O–H groups in total. The van der Waals surface area contributed by atoms with E-state index >= 15 is 0 Å². The first-order chi connectivity index (χ1) is 7.41. The molecule has 1 heterocycles. The topological polar surface area (TPSA) is 160 Å². The lowest BCUT2D eigenvalue weighted by Gasteiger charge is -2.24. The van der Waals surface area contributed by atoms with Gasteiger partial charge in [0.15, 0.2) is 21.8 Å². The average Bonchev–Trinajstić information content (AvgIpc) is 2.16. The van der Waals surface area contributed by atoms with Crippen LogP contribution in [0.15, 0.2) is 5.10 Å². The van der Waals surface area contributed by atoms with E-state index in [0.29, 0.717) is 5.01 Å². The number of rotatable bonds is 3. The highest BCUT2D eigenvalue weighted by Crippen LogP contribution is 2.01. The van der Waals surface area contributed by atoms with Gasteiger partial charge in [-0.05, 0) is 5.01 Å². The van der Waals surface area contributed by atoms with Gasteiger partial charge >= 0.3 is 5.96 Å². The van der Waals surface area contributed by atoms with Gasteiger partial charge in [-0.3, -0.25) is 0 Å². The molecule has 0 spiro atoms. The molecule has 0 aliphatic carbocycles. The second-order valence-corrected chi connectivity index (χ2v) is 2.52. The van der Waals surface area contributed by atoms with E-state index < -0.39 is 34.4 Å². The van der Waals surface area contributed by atoms with E-state index in [1.54, 1.807) is 0 Å². The summed E-state index contributed by atoms with van der Waals surface area (Å²) in [5.74, 6) is -0.659. The highest BCUT2D eigenvalue weighted by Gasteiger charge is 2.37. The molecule has 16 heavy (non-hydrogen) atoms. The van der Waals surface area contributed by atoms with E-state index in [-0.39, 0.29) is 5.01 Å². The van der Waals surface area contributed by atoms with Gasteiger partial charge in [0.05, 0.1) is 0 Å². The molecule has 88 valence electrons. The number of guanidine groups is 1. The Hall–Kier alpha value is -2.73. The predicted molar refractivity (Wildman–Crippen MR) is 45.0 cm³/mol. The maximum atomic E-state index is 10.5. The van der Waals surface area contributed by atoms with E-state index in [1.807, 2.05) is 0 Å². The van der Waals surface area contributed by atoms with Crippen LogP contribution in [0, 0.1) is 30.3 Å². The first-order valence-corrected chi connectivity index (χ1v) is 3.69. The van der Waals surface area contributed by atoms with Crippen LogP contribution in [-0.2, 0) is 0 Å². The Kier molecular flexibility index (Phi) is 2.98. The zero-order chi connectivity index (χ0) is 12.3. The minimum absolute atomic E-state index is 0.162. The Morgan fingerprint density at radius 1 is 1.19 bits per heavy atom. The fourth-order valence-corrected chi connectivity index (χ4v) is 0.928. The first-order valence-electron chi connectivity index (χ1n) is 3.69. The zero-order valence-corrected chi connectivity index (χ0v) is 7.55. The van der Waals surface area contributed by atoms with Crippen molar-refractivity contribution in [3.63, 3.8) is 0 Å². The van der Waals surface area contributed by atoms with E-state index in [4.69, 9.17) is 0 Å². The molecular weight excluding hydrogens is 230 g/mol. The van der Waals surface area contributed by atoms with Crippen molar-refractivity contribution in [3.05, 3.63) is 30.3 Å². The Bertz CT molecular complexity index is 365. The van der Waals surface area contributed by atoms with Gasteiger partial charge in [-0.2, -0.15) is 0 Å². The van der Waals surface area contributed by atoms with E-state index in [2.05, 4.69) is 10.4 Å². The minimum atomic E-state index is -1.14. The van der Waals surface area contributed by atoms with Crippen LogP contribution in [0.2, 0.25) is 0 Å². The molecule has 1 fully saturated rings. The smallest absolute Gasteiger partial charge is 0.324 e. The van der Waals surface area contributed by atoms with Crippen molar-refractivity contribution in [2.24, 2.45) is 5.10 Å². The van der Waals surface area contributed by atoms with Crippen molar-refractivity contribution in [2.45, 2.75) is 0 Å². The van der Waals surface area contributed by atoms with E-state index in [0.717, 1.165) is 0 Å². The molecule has 1 rings (SSSR count). The number of hydrogen-bond acceptors (Lipinski definition) is 6. The highest BCUT2D eigenvalue weighted by atomic mass is 16.7. The molecule has 0 radical (unpaired) electrons. The van der Waals surface area contributed by atoms with Crippen molar-refractivity contribution in [3.8, 4) is 0 Å². The van der Waals surface area contributed by atoms with Gasteiger partial charge in [0.25, 0.3) is 0 Å². The molecule has 13 nitrogen and oxygen atoms in total. The number of nitro groups is 3. The molecule has 0 aromatic heterocycles. The van der Waals surface area contributed by atoms with Crippen LogP contribution in [0.25, 0.3) is 0 Å². The molecule has 1 saturated heterocycles. The number of hydrazine groups is 2. The maximum Gasteiger partial charge on any atom is 0.336 e. The Morgan fingerprint density at radius 3 is 2.25 bits per heavy atom. The van der Waals surface area contributed by atoms with Gasteiger partial charge in [-0.15, -0.1) is 0 Å². The molecule has 1 aliphatic heterocycles. The summed E-state index contributed by atoms with van der Waals surface area (Å²) in [5, 5.41) is 33.2. The minimum Gasteiger partial charge on any atom is -0.324 e. The van der Waals surface area contributed by atoms with Gasteiger partial charge in [0.1, 0.15) is 5.10 Å². The predicted octanol–water partition coefficient (Wildman–Crippen LogP) is -1.96. The molecule has 13 heteroatoms. The molecule has 0 atom stereocenters. The summed E-state index contributed by atoms with van der Waals surface area (Å²) in [7, 11) is 0. The molecule has 0 aromatic carbocycles. The lowest BCUT2D eigenvalue weighted by atomic mass is 10.7. The van der Waals surface area contributed by atoms with Crippen LogP contribution < -0.4 is 5.32 Å². The third-order valence-electron chi connectivity index (χ3n) is 1.57. The van der Waals surface area contributed by atoms with E-state index in [9.17, 15) is 30.3 Å². The van der Waals surface area contributed by atoms with Crippen LogP contribution in [0.4, 0.5) is 0 Å². The van der Waals surface area contributed by atoms with Crippen molar-refractivity contribution < 1.29 is 15.1 Å². The van der Waals surface area contributed by atoms with Gasteiger partial charge in [0.2, 0.25) is 6.67 Å². The second-order valence-electron chi connectivity index (χ2n) is 2.52. The van der Waals surface area contributed by atoms with Crippen molar-refractivity contribution in [1.82, 2.24) is 15.3 Å². The van der Waals surface area contributed by atoms with Gasteiger partial charge < -0.3 is 5.32 Å². The third kappa shape index (κ3) is 2.40. The van der Waals surface area contributed by atoms with Crippen LogP contribution >= 0.6 is 0 Å². The van der Waals surface area contributed by atoms with E-state index in [1.165, 1.54) is 0 Å². The number of nitrogens with zero attached hydrogens (tertiary/aromatic N) is 6. The first kappa shape index (κ1) is 11.3. The van der Waals surface area contributed by atoms with Gasteiger partial charge in [0, 0.05) is 0 Å². The number of hydrogen-bond donors (Lipinski definition) is 1. The zero-order valence-electron chi connectivity index (χ0n) is 7.55. The fourth-order valence-electron chi connectivity index (χ4n) is 0.928. The summed E-state index contributed by atoms with van der Waals surface area (Å²) in [5.41, 5.74) is 0. The van der Waals surface area contributed by atoms with Crippen molar-refractivity contribution in [2.75, 3.05) is 13.3 Å². The van der Waals surface area contributed by atoms with Gasteiger partial charge in [-0.25, -0.2) is 30.3 Å². The quantitative estimate of drug-likeness (QED) is 0.432. The number of hydrazone groups is 1. The SMILES string of the molecule is O=[N+]([O-])N=C1NCN([N+](=O)[O-])CN1[N+](=O)[O-]. The molecular formula is C3H5N7O6. The average molecular weight is 235 g/mol. The second kappa shape index (κ2) is 4.20. The molecule has 0 amide bonds. The maximum absolute atomic E-state index is 10.5. The summed E-state index contributed by atoms with van der Waals surface area (Å²) in [6.07, 6.45) is 0. The van der Waals surface area contributed by atoms with Gasteiger partial charge in [-0.1, -0.05) is 5.01 Å². The Labute approximate surface area is 86.3 Å². The lowest BCUT2D eigenvalue weighted by Crippen LogP contribution is -2.60. The summed E-state index contributed by atoms with van der Waals surface area (Å²) in [6, 6.07) is 0. The Morgan fingerprint density at radius 2 is 1.81 bits per heavy atom. The fraction of sp³-hybridized carbons (Fsp3) is 0.667.